The minimum absolute atomic E-state index is 0.0739. The first kappa shape index (κ1) is 14.7. The van der Waals surface area contributed by atoms with Crippen molar-refractivity contribution in [2.24, 2.45) is 5.92 Å². The van der Waals surface area contributed by atoms with E-state index >= 15 is 0 Å². The number of hydrogen-bond acceptors (Lipinski definition) is 6. The lowest BCUT2D eigenvalue weighted by Crippen LogP contribution is -2.25. The molecule has 1 unspecified atom stereocenters. The highest BCUT2D eigenvalue weighted by Gasteiger charge is 2.28. The fraction of sp³-hybridized carbons (Fsp3) is 0.250. The van der Waals surface area contributed by atoms with Crippen LogP contribution < -0.4 is 5.32 Å². The number of rotatable bonds is 3. The van der Waals surface area contributed by atoms with E-state index < -0.39 is 0 Å². The second kappa shape index (κ2) is 5.94. The summed E-state index contributed by atoms with van der Waals surface area (Å²) in [5, 5.41) is 20.4. The van der Waals surface area contributed by atoms with Gasteiger partial charge in [-0.3, -0.25) is 9.89 Å². The molecule has 120 valence electrons. The van der Waals surface area contributed by atoms with E-state index in [9.17, 15) is 4.79 Å². The maximum absolute atomic E-state index is 12.3. The maximum Gasteiger partial charge on any atom is 0.231 e. The molecule has 24 heavy (non-hydrogen) atoms. The Hall–Kier alpha value is -2.92. The molecular formula is C16H14N6OS. The fourth-order valence-corrected chi connectivity index (χ4v) is 3.77. The van der Waals surface area contributed by atoms with Crippen molar-refractivity contribution in [2.75, 3.05) is 18.4 Å². The predicted molar refractivity (Wildman–Crippen MR) is 91.1 cm³/mol. The zero-order valence-electron chi connectivity index (χ0n) is 12.7. The third-order valence-corrected chi connectivity index (χ3v) is 5.13. The average molecular weight is 338 g/mol. The fourth-order valence-electron chi connectivity index (χ4n) is 2.91. The Balaban J connectivity index is 1.52. The molecule has 0 saturated carbocycles. The van der Waals surface area contributed by atoms with Gasteiger partial charge < -0.3 is 10.2 Å². The SMILES string of the molecule is N#CN1CCC(C(=O)Nc2ncc(-c3cccc4[nH]ncc34)s2)C1. The van der Waals surface area contributed by atoms with Crippen LogP contribution in [-0.2, 0) is 4.79 Å². The van der Waals surface area contributed by atoms with Crippen molar-refractivity contribution in [2.45, 2.75) is 6.42 Å². The van der Waals surface area contributed by atoms with Crippen LogP contribution in [0.5, 0.6) is 0 Å². The van der Waals surface area contributed by atoms with Gasteiger partial charge in [-0.15, -0.1) is 0 Å². The summed E-state index contributed by atoms with van der Waals surface area (Å²) < 4.78 is 0. The lowest BCUT2D eigenvalue weighted by atomic mass is 10.1. The van der Waals surface area contributed by atoms with Crippen LogP contribution in [0.3, 0.4) is 0 Å². The highest BCUT2D eigenvalue weighted by atomic mass is 32.1. The largest absolute Gasteiger partial charge is 0.310 e. The Morgan fingerprint density at radius 1 is 1.46 bits per heavy atom. The van der Waals surface area contributed by atoms with Gasteiger partial charge in [0, 0.05) is 30.2 Å². The number of anilines is 1. The van der Waals surface area contributed by atoms with Crippen molar-refractivity contribution in [3.05, 3.63) is 30.6 Å². The molecule has 2 N–H and O–H groups in total. The number of nitrogens with zero attached hydrogens (tertiary/aromatic N) is 4. The third kappa shape index (κ3) is 2.59. The van der Waals surface area contributed by atoms with Crippen molar-refractivity contribution in [3.8, 4) is 16.6 Å². The summed E-state index contributed by atoms with van der Waals surface area (Å²) in [6.07, 6.45) is 6.34. The summed E-state index contributed by atoms with van der Waals surface area (Å²) in [6.45, 7) is 1.12. The highest BCUT2D eigenvalue weighted by molar-refractivity contribution is 7.19. The highest BCUT2D eigenvalue weighted by Crippen LogP contribution is 2.33. The number of benzene rings is 1. The quantitative estimate of drug-likeness (QED) is 0.715. The van der Waals surface area contributed by atoms with Crippen LogP contribution in [-0.4, -0.2) is 39.1 Å². The Kier molecular flexibility index (Phi) is 3.63. The van der Waals surface area contributed by atoms with Crippen molar-refractivity contribution in [1.29, 1.82) is 5.26 Å². The predicted octanol–water partition coefficient (Wildman–Crippen LogP) is 2.43. The molecule has 3 aromatic rings. The van der Waals surface area contributed by atoms with E-state index in [1.807, 2.05) is 18.2 Å². The molecule has 1 saturated heterocycles. The number of nitriles is 1. The Morgan fingerprint density at radius 3 is 3.21 bits per heavy atom. The minimum Gasteiger partial charge on any atom is -0.310 e. The number of nitrogens with one attached hydrogen (secondary N) is 2. The molecule has 1 amide bonds. The smallest absolute Gasteiger partial charge is 0.231 e. The van der Waals surface area contributed by atoms with Crippen molar-refractivity contribution >= 4 is 33.3 Å². The van der Waals surface area contributed by atoms with E-state index in [1.54, 1.807) is 17.3 Å². The van der Waals surface area contributed by atoms with Gasteiger partial charge in [0.15, 0.2) is 11.3 Å². The normalized spacial score (nSPS) is 17.1. The van der Waals surface area contributed by atoms with Crippen LogP contribution in [0.25, 0.3) is 21.3 Å². The van der Waals surface area contributed by atoms with E-state index in [0.717, 1.165) is 21.3 Å². The van der Waals surface area contributed by atoms with Gasteiger partial charge in [-0.05, 0) is 12.5 Å². The molecule has 7 nitrogen and oxygen atoms in total. The van der Waals surface area contributed by atoms with Gasteiger partial charge >= 0.3 is 0 Å². The number of carbonyl (C=O) groups is 1. The number of carbonyl (C=O) groups excluding carboxylic acids is 1. The van der Waals surface area contributed by atoms with E-state index in [1.165, 1.54) is 11.3 Å². The van der Waals surface area contributed by atoms with E-state index in [4.69, 9.17) is 5.26 Å². The molecule has 1 aromatic carbocycles. The molecule has 0 aliphatic carbocycles. The molecule has 0 spiro atoms. The number of likely N-dealkylation sites (tertiary alicyclic amines) is 1. The van der Waals surface area contributed by atoms with E-state index in [2.05, 4.69) is 26.7 Å². The molecule has 1 aliphatic rings. The van der Waals surface area contributed by atoms with E-state index in [0.29, 0.717) is 24.6 Å². The first-order chi connectivity index (χ1) is 11.7. The lowest BCUT2D eigenvalue weighted by Gasteiger charge is -2.08. The lowest BCUT2D eigenvalue weighted by molar-refractivity contribution is -0.119. The minimum atomic E-state index is -0.158. The molecule has 2 aromatic heterocycles. The summed E-state index contributed by atoms with van der Waals surface area (Å²) >= 11 is 1.43. The van der Waals surface area contributed by atoms with Gasteiger partial charge in [0.25, 0.3) is 0 Å². The Bertz CT molecular complexity index is 939. The van der Waals surface area contributed by atoms with Gasteiger partial charge in [-0.25, -0.2) is 4.98 Å². The number of amides is 1. The summed E-state index contributed by atoms with van der Waals surface area (Å²) in [4.78, 5) is 19.2. The monoisotopic (exact) mass is 338 g/mol. The van der Waals surface area contributed by atoms with Gasteiger partial charge in [0.1, 0.15) is 0 Å². The molecule has 1 aliphatic heterocycles. The van der Waals surface area contributed by atoms with Crippen molar-refractivity contribution in [3.63, 3.8) is 0 Å². The van der Waals surface area contributed by atoms with E-state index in [-0.39, 0.29) is 11.8 Å². The molecule has 1 atom stereocenters. The zero-order valence-corrected chi connectivity index (χ0v) is 13.5. The molecule has 1 fully saturated rings. The van der Waals surface area contributed by atoms with Crippen LogP contribution in [0, 0.1) is 17.4 Å². The van der Waals surface area contributed by atoms with Crippen molar-refractivity contribution < 1.29 is 4.79 Å². The van der Waals surface area contributed by atoms with Gasteiger partial charge in [0.05, 0.1) is 22.5 Å². The van der Waals surface area contributed by atoms with Crippen molar-refractivity contribution in [1.82, 2.24) is 20.1 Å². The maximum atomic E-state index is 12.3. The second-order valence-corrected chi connectivity index (χ2v) is 6.72. The van der Waals surface area contributed by atoms with Gasteiger partial charge in [-0.2, -0.15) is 10.4 Å². The first-order valence-electron chi connectivity index (χ1n) is 7.58. The Morgan fingerprint density at radius 2 is 2.38 bits per heavy atom. The molecular weight excluding hydrogens is 324 g/mol. The Labute approximate surface area is 141 Å². The number of aromatic amines is 1. The first-order valence-corrected chi connectivity index (χ1v) is 8.40. The number of hydrogen-bond donors (Lipinski definition) is 2. The van der Waals surface area contributed by atoms with Crippen LogP contribution >= 0.6 is 11.3 Å². The van der Waals surface area contributed by atoms with Crippen LogP contribution in [0.15, 0.2) is 30.6 Å². The molecule has 8 heteroatoms. The number of thiazole rings is 1. The number of H-pyrrole nitrogens is 1. The van der Waals surface area contributed by atoms with Crippen LogP contribution in [0.4, 0.5) is 5.13 Å². The average Bonchev–Trinajstić information content (AvgIpc) is 3.34. The standard InChI is InChI=1S/C16H14N6OS/c17-9-22-5-4-10(8-22)15(23)20-16-18-7-14(24-16)11-2-1-3-13-12(11)6-19-21-13/h1-3,6-7,10H,4-5,8H2,(H,19,21)(H,18,20,23). The number of fused-ring (bicyclic) bond motifs is 1. The molecule has 4 rings (SSSR count). The second-order valence-electron chi connectivity index (χ2n) is 5.69. The van der Waals surface area contributed by atoms with Gasteiger partial charge in [0.2, 0.25) is 5.91 Å². The summed E-state index contributed by atoms with van der Waals surface area (Å²) in [7, 11) is 0. The molecule has 3 heterocycles. The summed E-state index contributed by atoms with van der Waals surface area (Å²) in [5.41, 5.74) is 2.00. The topological polar surface area (TPSA) is 97.7 Å². The zero-order chi connectivity index (χ0) is 16.5. The van der Waals surface area contributed by atoms with Crippen LogP contribution in [0.2, 0.25) is 0 Å². The van der Waals surface area contributed by atoms with Gasteiger partial charge in [-0.1, -0.05) is 23.5 Å². The molecule has 0 bridgehead atoms. The van der Waals surface area contributed by atoms with Crippen LogP contribution in [0.1, 0.15) is 6.42 Å². The third-order valence-electron chi connectivity index (χ3n) is 4.19. The summed E-state index contributed by atoms with van der Waals surface area (Å²) in [5.74, 6) is -0.232. The molecule has 0 radical (unpaired) electrons. The number of aromatic nitrogens is 3. The summed E-state index contributed by atoms with van der Waals surface area (Å²) in [6, 6.07) is 5.94.